The van der Waals surface area contributed by atoms with Gasteiger partial charge in [-0.15, -0.1) is 0 Å². The Morgan fingerprint density at radius 1 is 1.38 bits per heavy atom. The van der Waals surface area contributed by atoms with Crippen LogP contribution < -0.4 is 0 Å². The molecule has 0 spiro atoms. The van der Waals surface area contributed by atoms with Crippen molar-refractivity contribution in [2.75, 3.05) is 13.1 Å². The summed E-state index contributed by atoms with van der Waals surface area (Å²) < 4.78 is 33.4. The van der Waals surface area contributed by atoms with Crippen molar-refractivity contribution in [3.05, 3.63) is 50.0 Å². The molecule has 0 N–H and O–H groups in total. The summed E-state index contributed by atoms with van der Waals surface area (Å²) >= 11 is 8.65. The highest BCUT2D eigenvalue weighted by molar-refractivity contribution is 9.10. The number of fused-ring (bicyclic) bond motifs is 1. The maximum absolute atomic E-state index is 14.6. The molecule has 5 nitrogen and oxygen atoms in total. The molecule has 1 saturated heterocycles. The smallest absolute Gasteiger partial charge is 0.228 e. The van der Waals surface area contributed by atoms with E-state index in [0.717, 1.165) is 11.4 Å². The Balaban J connectivity index is 1.62. The molecular weight excluding hydrogens is 462 g/mol. The van der Waals surface area contributed by atoms with Crippen LogP contribution in [0.4, 0.5) is 8.78 Å². The maximum Gasteiger partial charge on any atom is 0.228 e. The van der Waals surface area contributed by atoms with Crippen molar-refractivity contribution in [2.24, 2.45) is 13.0 Å². The molecule has 152 valence electrons. The fourth-order valence-electron chi connectivity index (χ4n) is 4.37. The lowest BCUT2D eigenvalue weighted by molar-refractivity contribution is -0.129. The number of carbonyl (C=O) groups excluding carboxylic acids is 1. The number of aromatic nitrogens is 2. The average molecular weight is 481 g/mol. The van der Waals surface area contributed by atoms with Crippen LogP contribution in [-0.4, -0.2) is 33.0 Å². The molecule has 0 aliphatic carbocycles. The second-order valence-electron chi connectivity index (χ2n) is 7.63. The van der Waals surface area contributed by atoms with Gasteiger partial charge in [0.05, 0.1) is 22.9 Å². The van der Waals surface area contributed by atoms with Crippen molar-refractivity contribution in [2.45, 2.75) is 31.7 Å². The Morgan fingerprint density at radius 3 is 2.83 bits per heavy atom. The maximum atomic E-state index is 14.6. The Morgan fingerprint density at radius 2 is 2.14 bits per heavy atom. The van der Waals surface area contributed by atoms with E-state index in [0.29, 0.717) is 37.2 Å². The monoisotopic (exact) mass is 480 g/mol. The molecular formula is C20H19BrF2N4OS. The Labute approximate surface area is 180 Å². The van der Waals surface area contributed by atoms with Gasteiger partial charge in [-0.25, -0.2) is 8.78 Å². The van der Waals surface area contributed by atoms with E-state index in [1.165, 1.54) is 12.1 Å². The van der Waals surface area contributed by atoms with Gasteiger partial charge in [-0.3, -0.25) is 4.79 Å². The van der Waals surface area contributed by atoms with Crippen molar-refractivity contribution in [3.8, 4) is 6.07 Å². The first-order valence-corrected chi connectivity index (χ1v) is 10.6. The fourth-order valence-corrected chi connectivity index (χ4v) is 5.01. The third-order valence-electron chi connectivity index (χ3n) is 5.95. The summed E-state index contributed by atoms with van der Waals surface area (Å²) in [5, 5.41) is 9.06. The van der Waals surface area contributed by atoms with Gasteiger partial charge in [0.1, 0.15) is 11.6 Å². The topological polar surface area (TPSA) is 54.0 Å². The third-order valence-corrected chi connectivity index (χ3v) is 7.06. The van der Waals surface area contributed by atoms with Crippen LogP contribution in [0.1, 0.15) is 29.3 Å². The van der Waals surface area contributed by atoms with Crippen molar-refractivity contribution >= 4 is 34.1 Å². The molecule has 1 aromatic heterocycles. The molecule has 0 bridgehead atoms. The quantitative estimate of drug-likeness (QED) is 0.495. The standard InChI is InChI=1S/C20H19BrF2N4OS/c1-25-15(7-17(28)26-5-4-11(8-24)9-26)16-6-12(10-27(16)20(25)29)18-14(22)3-2-13(21)19(18)23/h2-3,11-12H,4-7,9-10H2,1H3. The first kappa shape index (κ1) is 20.2. The van der Waals surface area contributed by atoms with Gasteiger partial charge in [-0.2, -0.15) is 5.26 Å². The zero-order chi connectivity index (χ0) is 20.9. The number of imidazole rings is 1. The molecule has 3 heterocycles. The predicted octanol–water partition coefficient (Wildman–Crippen LogP) is 3.85. The van der Waals surface area contributed by atoms with Crippen molar-refractivity contribution in [1.29, 1.82) is 5.26 Å². The molecule has 4 rings (SSSR count). The summed E-state index contributed by atoms with van der Waals surface area (Å²) in [6, 6.07) is 4.83. The largest absolute Gasteiger partial charge is 0.341 e. The van der Waals surface area contributed by atoms with Crippen LogP contribution in [0.15, 0.2) is 16.6 Å². The molecule has 1 fully saturated rings. The van der Waals surface area contributed by atoms with Gasteiger partial charge in [0.25, 0.3) is 0 Å². The van der Waals surface area contributed by atoms with E-state index >= 15 is 0 Å². The van der Waals surface area contributed by atoms with E-state index < -0.39 is 11.6 Å². The van der Waals surface area contributed by atoms with Crippen molar-refractivity contribution in [3.63, 3.8) is 0 Å². The third kappa shape index (κ3) is 3.42. The van der Waals surface area contributed by atoms with Gasteiger partial charge in [-0.05, 0) is 53.1 Å². The molecule has 0 saturated carbocycles. The van der Waals surface area contributed by atoms with E-state index in [4.69, 9.17) is 17.5 Å². The van der Waals surface area contributed by atoms with Crippen molar-refractivity contribution in [1.82, 2.24) is 14.0 Å². The van der Waals surface area contributed by atoms with Gasteiger partial charge < -0.3 is 14.0 Å². The number of nitriles is 1. The van der Waals surface area contributed by atoms with E-state index in [2.05, 4.69) is 22.0 Å². The predicted molar refractivity (Wildman–Crippen MR) is 109 cm³/mol. The molecule has 9 heteroatoms. The second-order valence-corrected chi connectivity index (χ2v) is 8.85. The number of nitrogens with zero attached hydrogens (tertiary/aromatic N) is 4. The average Bonchev–Trinajstić information content (AvgIpc) is 3.39. The van der Waals surface area contributed by atoms with Gasteiger partial charge in [0.2, 0.25) is 5.91 Å². The number of hydrogen-bond donors (Lipinski definition) is 0. The number of carbonyl (C=O) groups is 1. The summed E-state index contributed by atoms with van der Waals surface area (Å²) in [6.07, 6.45) is 1.27. The molecule has 2 aliphatic heterocycles. The highest BCUT2D eigenvalue weighted by Gasteiger charge is 2.34. The summed E-state index contributed by atoms with van der Waals surface area (Å²) in [5.41, 5.74) is 1.68. The molecule has 1 aromatic carbocycles. The van der Waals surface area contributed by atoms with E-state index in [-0.39, 0.29) is 34.2 Å². The molecule has 2 aliphatic rings. The van der Waals surface area contributed by atoms with Crippen LogP contribution in [-0.2, 0) is 31.2 Å². The van der Waals surface area contributed by atoms with Crippen LogP contribution in [0.5, 0.6) is 0 Å². The zero-order valence-electron chi connectivity index (χ0n) is 15.8. The molecule has 2 unspecified atom stereocenters. The first-order valence-electron chi connectivity index (χ1n) is 9.39. The van der Waals surface area contributed by atoms with E-state index in [1.807, 2.05) is 16.2 Å². The van der Waals surface area contributed by atoms with E-state index in [9.17, 15) is 13.6 Å². The zero-order valence-corrected chi connectivity index (χ0v) is 18.2. The Kier molecular flexibility index (Phi) is 5.34. The highest BCUT2D eigenvalue weighted by atomic mass is 79.9. The first-order chi connectivity index (χ1) is 13.8. The molecule has 1 amide bonds. The van der Waals surface area contributed by atoms with Crippen LogP contribution in [0.3, 0.4) is 0 Å². The lowest BCUT2D eigenvalue weighted by Gasteiger charge is -2.17. The summed E-state index contributed by atoms with van der Waals surface area (Å²) in [4.78, 5) is 14.5. The molecule has 2 aromatic rings. The summed E-state index contributed by atoms with van der Waals surface area (Å²) in [5.74, 6) is -1.71. The number of amides is 1. The van der Waals surface area contributed by atoms with Crippen LogP contribution in [0.2, 0.25) is 0 Å². The van der Waals surface area contributed by atoms with Crippen LogP contribution in [0.25, 0.3) is 0 Å². The lowest BCUT2D eigenvalue weighted by atomic mass is 9.95. The van der Waals surface area contributed by atoms with Gasteiger partial charge >= 0.3 is 0 Å². The Bertz CT molecular complexity index is 1100. The molecule has 0 radical (unpaired) electrons. The van der Waals surface area contributed by atoms with Crippen molar-refractivity contribution < 1.29 is 13.6 Å². The van der Waals surface area contributed by atoms with Crippen LogP contribution >= 0.6 is 28.1 Å². The van der Waals surface area contributed by atoms with E-state index in [1.54, 1.807) is 4.90 Å². The lowest BCUT2D eigenvalue weighted by Crippen LogP contribution is -2.30. The second kappa shape index (κ2) is 7.65. The van der Waals surface area contributed by atoms with Gasteiger partial charge in [-0.1, -0.05) is 0 Å². The number of halogens is 3. The van der Waals surface area contributed by atoms with Gasteiger partial charge in [0.15, 0.2) is 4.77 Å². The molecule has 2 atom stereocenters. The fraction of sp³-hybridized carbons (Fsp3) is 0.450. The van der Waals surface area contributed by atoms with Crippen LogP contribution in [0, 0.1) is 33.7 Å². The Hall–Kier alpha value is -2.05. The minimum Gasteiger partial charge on any atom is -0.341 e. The minimum atomic E-state index is -0.590. The number of likely N-dealkylation sites (tertiary alicyclic amines) is 1. The number of rotatable bonds is 3. The summed E-state index contributed by atoms with van der Waals surface area (Å²) in [6.45, 7) is 1.41. The number of benzene rings is 1. The normalized spacial score (nSPS) is 20.7. The van der Waals surface area contributed by atoms with Gasteiger partial charge in [0, 0.05) is 49.6 Å². The SMILES string of the molecule is Cn1c(CC(=O)N2CCC(C#N)C2)c2n(c1=S)CC(c1c(F)ccc(Br)c1F)C2. The molecule has 29 heavy (non-hydrogen) atoms. The minimum absolute atomic E-state index is 0.0498. The summed E-state index contributed by atoms with van der Waals surface area (Å²) in [7, 11) is 1.81. The number of hydrogen-bond acceptors (Lipinski definition) is 3. The highest BCUT2D eigenvalue weighted by Crippen LogP contribution is 2.37.